The number of para-hydroxylation sites is 2. The van der Waals surface area contributed by atoms with E-state index in [-0.39, 0.29) is 11.5 Å². The van der Waals surface area contributed by atoms with Crippen LogP contribution < -0.4 is 5.32 Å². The number of alkyl halides is 3. The summed E-state index contributed by atoms with van der Waals surface area (Å²) < 4.78 is 38.6. The van der Waals surface area contributed by atoms with Crippen molar-refractivity contribution in [2.45, 2.75) is 26.1 Å². The molecule has 2 N–H and O–H groups in total. The second-order valence-electron chi connectivity index (χ2n) is 6.41. The molecule has 0 aliphatic rings. The number of nitrogens with one attached hydrogen (secondary N) is 2. The Morgan fingerprint density at radius 2 is 1.85 bits per heavy atom. The normalized spacial score (nSPS) is 13.2. The third-order valence-corrected chi connectivity index (χ3v) is 4.11. The predicted molar refractivity (Wildman–Crippen MR) is 92.6 cm³/mol. The lowest BCUT2D eigenvalue weighted by molar-refractivity contribution is -0.137. The van der Waals surface area contributed by atoms with Crippen molar-refractivity contribution in [1.82, 2.24) is 15.3 Å². The van der Waals surface area contributed by atoms with Gasteiger partial charge in [0, 0.05) is 5.56 Å². The van der Waals surface area contributed by atoms with Gasteiger partial charge in [-0.3, -0.25) is 4.79 Å². The SMILES string of the molecule is CC(C)C(NC(=O)c1cccc(C(F)(F)F)c1)c1nc2ccccc2[nH]1. The van der Waals surface area contributed by atoms with Crippen molar-refractivity contribution in [3.05, 3.63) is 65.5 Å². The van der Waals surface area contributed by atoms with Gasteiger partial charge in [-0.05, 0) is 36.2 Å². The van der Waals surface area contributed by atoms with E-state index >= 15 is 0 Å². The standard InChI is InChI=1S/C19H18F3N3O/c1-11(2)16(17-23-14-8-3-4-9-15(14)24-17)25-18(26)12-6-5-7-13(10-12)19(20,21)22/h3-11,16H,1-2H3,(H,23,24)(H,25,26). The summed E-state index contributed by atoms with van der Waals surface area (Å²) in [5.74, 6) is -0.0120. The molecule has 0 aliphatic carbocycles. The molecule has 2 aromatic carbocycles. The van der Waals surface area contributed by atoms with Crippen LogP contribution in [-0.4, -0.2) is 15.9 Å². The Bertz CT molecular complexity index is 898. The summed E-state index contributed by atoms with van der Waals surface area (Å²) in [6.07, 6.45) is -4.49. The largest absolute Gasteiger partial charge is 0.416 e. The van der Waals surface area contributed by atoms with Gasteiger partial charge in [0.25, 0.3) is 5.91 Å². The van der Waals surface area contributed by atoms with Gasteiger partial charge in [0.1, 0.15) is 5.82 Å². The molecule has 136 valence electrons. The first-order valence-electron chi connectivity index (χ1n) is 8.18. The number of aromatic nitrogens is 2. The summed E-state index contributed by atoms with van der Waals surface area (Å²) in [7, 11) is 0. The Balaban J connectivity index is 1.87. The fourth-order valence-electron chi connectivity index (χ4n) is 2.73. The zero-order valence-electron chi connectivity index (χ0n) is 14.3. The maximum atomic E-state index is 12.9. The molecule has 0 saturated heterocycles. The van der Waals surface area contributed by atoms with Gasteiger partial charge < -0.3 is 10.3 Å². The Hall–Kier alpha value is -2.83. The first kappa shape index (κ1) is 18.0. The minimum absolute atomic E-state index is 0.00897. The average molecular weight is 361 g/mol. The molecule has 3 aromatic rings. The van der Waals surface area contributed by atoms with Crippen LogP contribution >= 0.6 is 0 Å². The number of amides is 1. The van der Waals surface area contributed by atoms with E-state index in [9.17, 15) is 18.0 Å². The number of hydrogen-bond acceptors (Lipinski definition) is 2. The van der Waals surface area contributed by atoms with Crippen molar-refractivity contribution in [2.75, 3.05) is 0 Å². The molecule has 3 rings (SSSR count). The number of aromatic amines is 1. The van der Waals surface area contributed by atoms with E-state index in [4.69, 9.17) is 0 Å². The molecule has 4 nitrogen and oxygen atoms in total. The molecule has 0 spiro atoms. The van der Waals surface area contributed by atoms with E-state index in [1.165, 1.54) is 12.1 Å². The van der Waals surface area contributed by atoms with Crippen LogP contribution in [0.5, 0.6) is 0 Å². The number of hydrogen-bond donors (Lipinski definition) is 2. The molecular weight excluding hydrogens is 343 g/mol. The molecule has 0 saturated carbocycles. The zero-order valence-corrected chi connectivity index (χ0v) is 14.3. The number of H-pyrrole nitrogens is 1. The van der Waals surface area contributed by atoms with Crippen LogP contribution in [0.15, 0.2) is 48.5 Å². The fourth-order valence-corrected chi connectivity index (χ4v) is 2.73. The summed E-state index contributed by atoms with van der Waals surface area (Å²) >= 11 is 0. The van der Waals surface area contributed by atoms with Crippen molar-refractivity contribution < 1.29 is 18.0 Å². The maximum Gasteiger partial charge on any atom is 0.416 e. The average Bonchev–Trinajstić information content (AvgIpc) is 3.02. The minimum atomic E-state index is -4.49. The van der Waals surface area contributed by atoms with Crippen LogP contribution in [0.4, 0.5) is 13.2 Å². The van der Waals surface area contributed by atoms with Gasteiger partial charge in [-0.25, -0.2) is 4.98 Å². The van der Waals surface area contributed by atoms with E-state index < -0.39 is 23.7 Å². The molecule has 1 unspecified atom stereocenters. The van der Waals surface area contributed by atoms with Crippen LogP contribution in [0.3, 0.4) is 0 Å². The fraction of sp³-hybridized carbons (Fsp3) is 0.263. The molecule has 1 heterocycles. The quantitative estimate of drug-likeness (QED) is 0.707. The lowest BCUT2D eigenvalue weighted by Crippen LogP contribution is -2.32. The van der Waals surface area contributed by atoms with Crippen LogP contribution in [0.2, 0.25) is 0 Å². The molecule has 0 fully saturated rings. The topological polar surface area (TPSA) is 57.8 Å². The van der Waals surface area contributed by atoms with Gasteiger partial charge in [-0.15, -0.1) is 0 Å². The van der Waals surface area contributed by atoms with Crippen molar-refractivity contribution in [3.8, 4) is 0 Å². The molecule has 1 atom stereocenters. The Labute approximate surface area is 148 Å². The van der Waals surface area contributed by atoms with Gasteiger partial charge in [-0.1, -0.05) is 32.0 Å². The van der Waals surface area contributed by atoms with E-state index in [1.54, 1.807) is 0 Å². The van der Waals surface area contributed by atoms with Crippen molar-refractivity contribution in [3.63, 3.8) is 0 Å². The number of carbonyl (C=O) groups excluding carboxylic acids is 1. The number of rotatable bonds is 4. The highest BCUT2D eigenvalue weighted by molar-refractivity contribution is 5.94. The van der Waals surface area contributed by atoms with E-state index in [0.29, 0.717) is 5.82 Å². The molecule has 1 aromatic heterocycles. The van der Waals surface area contributed by atoms with E-state index in [1.807, 2.05) is 38.1 Å². The number of nitrogens with zero attached hydrogens (tertiary/aromatic N) is 1. The minimum Gasteiger partial charge on any atom is -0.342 e. The highest BCUT2D eigenvalue weighted by Gasteiger charge is 2.31. The number of imidazole rings is 1. The smallest absolute Gasteiger partial charge is 0.342 e. The first-order chi connectivity index (χ1) is 12.3. The van der Waals surface area contributed by atoms with Gasteiger partial charge in [0.15, 0.2) is 0 Å². The van der Waals surface area contributed by atoms with Gasteiger partial charge >= 0.3 is 6.18 Å². The number of halogens is 3. The summed E-state index contributed by atoms with van der Waals surface area (Å²) in [6, 6.07) is 11.4. The second kappa shape index (κ2) is 6.82. The van der Waals surface area contributed by atoms with Crippen molar-refractivity contribution in [2.24, 2.45) is 5.92 Å². The summed E-state index contributed by atoms with van der Waals surface area (Å²) in [5, 5.41) is 2.79. The molecule has 0 radical (unpaired) electrons. The zero-order chi connectivity index (χ0) is 18.9. The van der Waals surface area contributed by atoms with Gasteiger partial charge in [-0.2, -0.15) is 13.2 Å². The van der Waals surface area contributed by atoms with Gasteiger partial charge in [0.05, 0.1) is 22.6 Å². The Kier molecular flexibility index (Phi) is 4.71. The number of carbonyl (C=O) groups is 1. The monoisotopic (exact) mass is 361 g/mol. The van der Waals surface area contributed by atoms with E-state index in [0.717, 1.165) is 23.2 Å². The molecule has 26 heavy (non-hydrogen) atoms. The van der Waals surface area contributed by atoms with Crippen LogP contribution in [0.1, 0.15) is 41.6 Å². The van der Waals surface area contributed by atoms with Crippen molar-refractivity contribution >= 4 is 16.9 Å². The Morgan fingerprint density at radius 3 is 2.50 bits per heavy atom. The second-order valence-corrected chi connectivity index (χ2v) is 6.41. The van der Waals surface area contributed by atoms with E-state index in [2.05, 4.69) is 15.3 Å². The first-order valence-corrected chi connectivity index (χ1v) is 8.18. The highest BCUT2D eigenvalue weighted by Crippen LogP contribution is 2.30. The molecule has 7 heteroatoms. The van der Waals surface area contributed by atoms with Crippen LogP contribution in [-0.2, 0) is 6.18 Å². The Morgan fingerprint density at radius 1 is 1.12 bits per heavy atom. The lowest BCUT2D eigenvalue weighted by Gasteiger charge is -2.20. The molecule has 0 bridgehead atoms. The summed E-state index contributed by atoms with van der Waals surface area (Å²) in [5.41, 5.74) is 0.708. The highest BCUT2D eigenvalue weighted by atomic mass is 19.4. The number of fused-ring (bicyclic) bond motifs is 1. The number of benzene rings is 2. The van der Waals surface area contributed by atoms with Gasteiger partial charge in [0.2, 0.25) is 0 Å². The van der Waals surface area contributed by atoms with Crippen molar-refractivity contribution in [1.29, 1.82) is 0 Å². The third kappa shape index (κ3) is 3.71. The molecule has 1 amide bonds. The van der Waals surface area contributed by atoms with Crippen LogP contribution in [0, 0.1) is 5.92 Å². The van der Waals surface area contributed by atoms with Crippen LogP contribution in [0.25, 0.3) is 11.0 Å². The predicted octanol–water partition coefficient (Wildman–Crippen LogP) is 4.71. The summed E-state index contributed by atoms with van der Waals surface area (Å²) in [4.78, 5) is 20.2. The lowest BCUT2D eigenvalue weighted by atomic mass is 10.0. The third-order valence-electron chi connectivity index (χ3n) is 4.11. The molecular formula is C19H18F3N3O. The molecule has 0 aliphatic heterocycles. The summed E-state index contributed by atoms with van der Waals surface area (Å²) in [6.45, 7) is 3.81. The maximum absolute atomic E-state index is 12.9.